The van der Waals surface area contributed by atoms with Crippen LogP contribution in [0.1, 0.15) is 38.2 Å². The first-order chi connectivity index (χ1) is 14.8. The molecule has 0 atom stereocenters. The van der Waals surface area contributed by atoms with Crippen LogP contribution in [0.4, 0.5) is 0 Å². The van der Waals surface area contributed by atoms with Gasteiger partial charge in [-0.3, -0.25) is 4.79 Å². The molecule has 0 saturated heterocycles. The number of carbonyl (C=O) groups excluding carboxylic acids is 1. The van der Waals surface area contributed by atoms with Gasteiger partial charge in [-0.15, -0.1) is 0 Å². The van der Waals surface area contributed by atoms with E-state index in [4.69, 9.17) is 27.9 Å². The lowest BCUT2D eigenvalue weighted by Gasteiger charge is -2.31. The molecule has 0 spiro atoms. The third-order valence-electron chi connectivity index (χ3n) is 5.65. The Bertz CT molecular complexity index is 970. The molecule has 8 heteroatoms. The van der Waals surface area contributed by atoms with E-state index in [0.29, 0.717) is 23.2 Å². The summed E-state index contributed by atoms with van der Waals surface area (Å²) in [6, 6.07) is 13.4. The van der Waals surface area contributed by atoms with Gasteiger partial charge in [-0.05, 0) is 80.5 Å². The Morgan fingerprint density at radius 2 is 1.52 bits per heavy atom. The van der Waals surface area contributed by atoms with Gasteiger partial charge in [0.2, 0.25) is 10.0 Å². The molecule has 0 unspecified atom stereocenters. The first kappa shape index (κ1) is 24.1. The normalized spacial score (nSPS) is 19.4. The minimum absolute atomic E-state index is 0.0891. The number of sulfonamides is 1. The van der Waals surface area contributed by atoms with Crippen LogP contribution >= 0.6 is 23.2 Å². The summed E-state index contributed by atoms with van der Waals surface area (Å²) in [6.45, 7) is 2.83. The summed E-state index contributed by atoms with van der Waals surface area (Å²) in [6.07, 6.45) is 3.02. The number of ether oxygens (including phenoxy) is 1. The molecular formula is C23H27Cl2NO4S. The van der Waals surface area contributed by atoms with Crippen LogP contribution in [0, 0.1) is 11.8 Å². The van der Waals surface area contributed by atoms with Crippen molar-refractivity contribution in [1.29, 1.82) is 0 Å². The Kier molecular flexibility index (Phi) is 8.39. The molecule has 0 amide bonds. The largest absolute Gasteiger partial charge is 0.466 e. The molecule has 5 nitrogen and oxygen atoms in total. The number of hydrogen-bond acceptors (Lipinski definition) is 4. The van der Waals surface area contributed by atoms with Gasteiger partial charge in [0.25, 0.3) is 0 Å². The molecule has 1 fully saturated rings. The van der Waals surface area contributed by atoms with Crippen LogP contribution in [0.3, 0.4) is 0 Å². The molecule has 0 N–H and O–H groups in total. The van der Waals surface area contributed by atoms with E-state index in [-0.39, 0.29) is 29.2 Å². The molecule has 0 heterocycles. The van der Waals surface area contributed by atoms with E-state index in [0.717, 1.165) is 31.2 Å². The molecule has 3 rings (SSSR count). The van der Waals surface area contributed by atoms with Crippen LogP contribution < -0.4 is 0 Å². The Morgan fingerprint density at radius 1 is 0.968 bits per heavy atom. The molecular weight excluding hydrogens is 457 g/mol. The van der Waals surface area contributed by atoms with E-state index in [9.17, 15) is 13.2 Å². The predicted molar refractivity (Wildman–Crippen MR) is 123 cm³/mol. The number of hydrogen-bond donors (Lipinski definition) is 0. The monoisotopic (exact) mass is 483 g/mol. The smallest absolute Gasteiger partial charge is 0.308 e. The fourth-order valence-electron chi connectivity index (χ4n) is 3.93. The zero-order chi connectivity index (χ0) is 22.4. The number of halogens is 2. The van der Waals surface area contributed by atoms with Gasteiger partial charge in [0, 0.05) is 23.1 Å². The van der Waals surface area contributed by atoms with Crippen LogP contribution in [0.15, 0.2) is 53.4 Å². The average Bonchev–Trinajstić information content (AvgIpc) is 2.76. The summed E-state index contributed by atoms with van der Waals surface area (Å²) in [4.78, 5) is 12.2. The maximum atomic E-state index is 13.4. The molecule has 1 aliphatic carbocycles. The fourth-order valence-corrected chi connectivity index (χ4v) is 5.68. The topological polar surface area (TPSA) is 63.7 Å². The van der Waals surface area contributed by atoms with Crippen LogP contribution in [0.2, 0.25) is 10.0 Å². The fraction of sp³-hybridized carbons (Fsp3) is 0.435. The van der Waals surface area contributed by atoms with Crippen molar-refractivity contribution in [3.05, 3.63) is 64.1 Å². The van der Waals surface area contributed by atoms with Crippen molar-refractivity contribution in [2.24, 2.45) is 11.8 Å². The van der Waals surface area contributed by atoms with Gasteiger partial charge in [-0.2, -0.15) is 4.31 Å². The van der Waals surface area contributed by atoms with Crippen molar-refractivity contribution >= 4 is 39.2 Å². The third-order valence-corrected chi connectivity index (χ3v) is 7.98. The summed E-state index contributed by atoms with van der Waals surface area (Å²) >= 11 is 11.9. The maximum Gasteiger partial charge on any atom is 0.308 e. The van der Waals surface area contributed by atoms with E-state index in [1.165, 1.54) is 16.4 Å². The van der Waals surface area contributed by atoms with Crippen molar-refractivity contribution in [3.63, 3.8) is 0 Å². The zero-order valence-corrected chi connectivity index (χ0v) is 19.8. The second kappa shape index (κ2) is 10.8. The van der Waals surface area contributed by atoms with Gasteiger partial charge in [0.15, 0.2) is 0 Å². The highest BCUT2D eigenvalue weighted by atomic mass is 35.5. The quantitative estimate of drug-likeness (QED) is 0.461. The standard InChI is InChI=1S/C23H27Cl2NO4S/c1-2-30-23(27)19-7-3-17(4-8-19)15-26(16-18-5-9-20(24)10-6-18)31(28,29)22-13-11-21(25)12-14-22/h5-6,9-14,17,19H,2-4,7-8,15-16H2,1H3. The zero-order valence-electron chi connectivity index (χ0n) is 17.5. The van der Waals surface area contributed by atoms with Crippen molar-refractivity contribution in [2.75, 3.05) is 13.2 Å². The van der Waals surface area contributed by atoms with Crippen LogP contribution in [-0.2, 0) is 26.1 Å². The highest BCUT2D eigenvalue weighted by molar-refractivity contribution is 7.89. The van der Waals surface area contributed by atoms with Gasteiger partial charge < -0.3 is 4.74 Å². The molecule has 31 heavy (non-hydrogen) atoms. The highest BCUT2D eigenvalue weighted by Crippen LogP contribution is 2.32. The number of carbonyl (C=O) groups is 1. The van der Waals surface area contributed by atoms with Gasteiger partial charge in [0.05, 0.1) is 17.4 Å². The van der Waals surface area contributed by atoms with Crippen LogP contribution in [-0.4, -0.2) is 31.8 Å². The third kappa shape index (κ3) is 6.45. The molecule has 168 valence electrons. The Balaban J connectivity index is 1.77. The summed E-state index contributed by atoms with van der Waals surface area (Å²) in [5.74, 6) is -0.0541. The Labute approximate surface area is 194 Å². The second-order valence-electron chi connectivity index (χ2n) is 7.85. The van der Waals surface area contributed by atoms with Crippen molar-refractivity contribution in [2.45, 2.75) is 44.0 Å². The molecule has 2 aromatic carbocycles. The number of rotatable bonds is 8. The molecule has 0 bridgehead atoms. The first-order valence-corrected chi connectivity index (χ1v) is 12.7. The van der Waals surface area contributed by atoms with E-state index in [1.54, 1.807) is 31.2 Å². The summed E-state index contributed by atoms with van der Waals surface area (Å²) < 4.78 is 33.5. The van der Waals surface area contributed by atoms with E-state index < -0.39 is 10.0 Å². The maximum absolute atomic E-state index is 13.4. The molecule has 1 aliphatic rings. The lowest BCUT2D eigenvalue weighted by atomic mass is 9.82. The predicted octanol–water partition coefficient (Wildman–Crippen LogP) is 5.55. The average molecular weight is 484 g/mol. The van der Waals surface area contributed by atoms with Crippen molar-refractivity contribution in [1.82, 2.24) is 4.31 Å². The van der Waals surface area contributed by atoms with Gasteiger partial charge in [0.1, 0.15) is 0 Å². The number of nitrogens with zero attached hydrogens (tertiary/aromatic N) is 1. The van der Waals surface area contributed by atoms with E-state index in [1.807, 2.05) is 12.1 Å². The van der Waals surface area contributed by atoms with Crippen molar-refractivity contribution < 1.29 is 17.9 Å². The van der Waals surface area contributed by atoms with Gasteiger partial charge >= 0.3 is 5.97 Å². The molecule has 0 aliphatic heterocycles. The summed E-state index contributed by atoms with van der Waals surface area (Å²) in [7, 11) is -3.71. The first-order valence-electron chi connectivity index (χ1n) is 10.5. The van der Waals surface area contributed by atoms with Crippen LogP contribution in [0.25, 0.3) is 0 Å². The second-order valence-corrected chi connectivity index (χ2v) is 10.7. The van der Waals surface area contributed by atoms with Crippen LogP contribution in [0.5, 0.6) is 0 Å². The van der Waals surface area contributed by atoms with Gasteiger partial charge in [-0.25, -0.2) is 8.42 Å². The molecule has 1 saturated carbocycles. The minimum Gasteiger partial charge on any atom is -0.466 e. The molecule has 0 radical (unpaired) electrons. The highest BCUT2D eigenvalue weighted by Gasteiger charge is 2.32. The van der Waals surface area contributed by atoms with Crippen molar-refractivity contribution in [3.8, 4) is 0 Å². The van der Waals surface area contributed by atoms with Gasteiger partial charge in [-0.1, -0.05) is 35.3 Å². The lowest BCUT2D eigenvalue weighted by molar-refractivity contribution is -0.149. The lowest BCUT2D eigenvalue weighted by Crippen LogP contribution is -2.37. The van der Waals surface area contributed by atoms with E-state index >= 15 is 0 Å². The summed E-state index contributed by atoms with van der Waals surface area (Å²) in [5.41, 5.74) is 0.863. The Morgan fingerprint density at radius 3 is 2.06 bits per heavy atom. The summed E-state index contributed by atoms with van der Waals surface area (Å²) in [5, 5.41) is 1.09. The van der Waals surface area contributed by atoms with E-state index in [2.05, 4.69) is 0 Å². The molecule has 2 aromatic rings. The molecule has 0 aromatic heterocycles. The Hall–Kier alpha value is -1.60. The number of esters is 1. The minimum atomic E-state index is -3.71. The SMILES string of the molecule is CCOC(=O)C1CCC(CN(Cc2ccc(Cl)cc2)S(=O)(=O)c2ccc(Cl)cc2)CC1. The number of benzene rings is 2.